The number of benzene rings is 1. The van der Waals surface area contributed by atoms with Gasteiger partial charge in [0.15, 0.2) is 0 Å². The summed E-state index contributed by atoms with van der Waals surface area (Å²) in [5.41, 5.74) is 0. The van der Waals surface area contributed by atoms with Crippen LogP contribution in [0.2, 0.25) is 0 Å². The molecule has 1 aliphatic heterocycles. The zero-order valence-corrected chi connectivity index (χ0v) is 7.48. The van der Waals surface area contributed by atoms with Gasteiger partial charge in [0.25, 0.3) is 0 Å². The Kier molecular flexibility index (Phi) is 2.50. The predicted octanol–water partition coefficient (Wildman–Crippen LogP) is 2.06. The maximum Gasteiger partial charge on any atom is 0.119 e. The summed E-state index contributed by atoms with van der Waals surface area (Å²) in [7, 11) is 0. The lowest BCUT2D eigenvalue weighted by molar-refractivity contribution is 0.217. The van der Waals surface area contributed by atoms with E-state index in [1.807, 2.05) is 30.3 Å². The molecular weight excluding hydrogens is 164 g/mol. The zero-order valence-electron chi connectivity index (χ0n) is 7.48. The molecule has 1 saturated heterocycles. The highest BCUT2D eigenvalue weighted by Gasteiger charge is 2.25. The van der Waals surface area contributed by atoms with Gasteiger partial charge in [0, 0.05) is 6.42 Å². The van der Waals surface area contributed by atoms with Crippen LogP contribution in [0, 0.1) is 6.92 Å². The van der Waals surface area contributed by atoms with Gasteiger partial charge in [0.05, 0.1) is 12.7 Å². The van der Waals surface area contributed by atoms with Gasteiger partial charge in [-0.3, -0.25) is 0 Å². The molecule has 0 spiro atoms. The fraction of sp³-hybridized carbons (Fsp3) is 0.364. The van der Waals surface area contributed by atoms with Crippen LogP contribution in [0.3, 0.4) is 0 Å². The van der Waals surface area contributed by atoms with Crippen LogP contribution in [0.1, 0.15) is 6.42 Å². The summed E-state index contributed by atoms with van der Waals surface area (Å²) in [6.07, 6.45) is 1.26. The van der Waals surface area contributed by atoms with Gasteiger partial charge in [-0.05, 0) is 19.1 Å². The van der Waals surface area contributed by atoms with E-state index in [1.54, 1.807) is 0 Å². The van der Waals surface area contributed by atoms with E-state index in [0.717, 1.165) is 18.8 Å². The highest BCUT2D eigenvalue weighted by molar-refractivity contribution is 5.21. The highest BCUT2D eigenvalue weighted by atomic mass is 16.6. The van der Waals surface area contributed by atoms with Crippen LogP contribution in [-0.2, 0) is 4.74 Å². The number of ether oxygens (including phenoxy) is 2. The van der Waals surface area contributed by atoms with Crippen molar-refractivity contribution in [1.82, 2.24) is 0 Å². The molecule has 0 amide bonds. The van der Waals surface area contributed by atoms with E-state index in [-0.39, 0.29) is 6.10 Å². The van der Waals surface area contributed by atoms with Crippen molar-refractivity contribution in [3.8, 4) is 5.75 Å². The minimum atomic E-state index is -0.00472. The Morgan fingerprint density at radius 1 is 1.46 bits per heavy atom. The topological polar surface area (TPSA) is 21.8 Å². The van der Waals surface area contributed by atoms with Crippen LogP contribution in [0.4, 0.5) is 0 Å². The third kappa shape index (κ3) is 2.74. The molecule has 0 aromatic heterocycles. The molecule has 0 saturated carbocycles. The first kappa shape index (κ1) is 8.57. The van der Waals surface area contributed by atoms with Crippen molar-refractivity contribution in [2.24, 2.45) is 0 Å². The molecule has 0 aliphatic carbocycles. The SMILES string of the molecule is [CH2]C(CC1CO1)Oc1ccccc1. The molecule has 1 radical (unpaired) electrons. The highest BCUT2D eigenvalue weighted by Crippen LogP contribution is 2.19. The molecule has 69 valence electrons. The van der Waals surface area contributed by atoms with Crippen molar-refractivity contribution in [2.75, 3.05) is 6.61 Å². The minimum absolute atomic E-state index is 0.00472. The summed E-state index contributed by atoms with van der Waals surface area (Å²) in [5, 5.41) is 0. The summed E-state index contributed by atoms with van der Waals surface area (Å²) >= 11 is 0. The van der Waals surface area contributed by atoms with Gasteiger partial charge in [-0.1, -0.05) is 18.2 Å². The molecule has 1 fully saturated rings. The van der Waals surface area contributed by atoms with Gasteiger partial charge in [-0.15, -0.1) is 0 Å². The van der Waals surface area contributed by atoms with Gasteiger partial charge in [-0.2, -0.15) is 0 Å². The summed E-state index contributed by atoms with van der Waals surface area (Å²) in [6, 6.07) is 9.75. The van der Waals surface area contributed by atoms with Crippen LogP contribution < -0.4 is 4.74 Å². The van der Waals surface area contributed by atoms with Crippen LogP contribution >= 0.6 is 0 Å². The Bertz CT molecular complexity index is 254. The van der Waals surface area contributed by atoms with E-state index < -0.39 is 0 Å². The third-order valence-corrected chi connectivity index (χ3v) is 1.97. The first-order valence-corrected chi connectivity index (χ1v) is 4.51. The van der Waals surface area contributed by atoms with Gasteiger partial charge < -0.3 is 9.47 Å². The average Bonchev–Trinajstić information content (AvgIpc) is 2.90. The van der Waals surface area contributed by atoms with Crippen LogP contribution in [0.5, 0.6) is 5.75 Å². The molecule has 1 aromatic rings. The van der Waals surface area contributed by atoms with Crippen molar-refractivity contribution < 1.29 is 9.47 Å². The first-order chi connectivity index (χ1) is 6.34. The molecule has 2 unspecified atom stereocenters. The summed E-state index contributed by atoms with van der Waals surface area (Å²) in [4.78, 5) is 0. The van der Waals surface area contributed by atoms with E-state index in [1.165, 1.54) is 0 Å². The van der Waals surface area contributed by atoms with Crippen LogP contribution in [0.15, 0.2) is 30.3 Å². The Labute approximate surface area is 78.5 Å². The fourth-order valence-corrected chi connectivity index (χ4v) is 1.24. The van der Waals surface area contributed by atoms with Gasteiger partial charge in [0.1, 0.15) is 11.9 Å². The molecule has 2 heteroatoms. The zero-order chi connectivity index (χ0) is 9.10. The van der Waals surface area contributed by atoms with Crippen molar-refractivity contribution in [2.45, 2.75) is 18.6 Å². The number of epoxide rings is 1. The fourth-order valence-electron chi connectivity index (χ4n) is 1.24. The van der Waals surface area contributed by atoms with E-state index in [2.05, 4.69) is 6.92 Å². The van der Waals surface area contributed by atoms with Crippen LogP contribution in [-0.4, -0.2) is 18.8 Å². The Morgan fingerprint density at radius 2 is 2.15 bits per heavy atom. The second-order valence-corrected chi connectivity index (χ2v) is 3.24. The summed E-state index contributed by atoms with van der Waals surface area (Å²) in [6.45, 7) is 4.78. The molecule has 1 aliphatic rings. The van der Waals surface area contributed by atoms with Crippen molar-refractivity contribution >= 4 is 0 Å². The van der Waals surface area contributed by atoms with Gasteiger partial charge >= 0.3 is 0 Å². The van der Waals surface area contributed by atoms with Crippen molar-refractivity contribution in [1.29, 1.82) is 0 Å². The Morgan fingerprint density at radius 3 is 2.77 bits per heavy atom. The summed E-state index contributed by atoms with van der Waals surface area (Å²) in [5.74, 6) is 0.878. The Balaban J connectivity index is 1.82. The number of hydrogen-bond donors (Lipinski definition) is 0. The number of hydrogen-bond acceptors (Lipinski definition) is 2. The lowest BCUT2D eigenvalue weighted by Crippen LogP contribution is -2.14. The maximum absolute atomic E-state index is 5.57. The molecule has 2 atom stereocenters. The van der Waals surface area contributed by atoms with Crippen molar-refractivity contribution in [3.63, 3.8) is 0 Å². The van der Waals surface area contributed by atoms with Gasteiger partial charge in [-0.25, -0.2) is 0 Å². The quantitative estimate of drug-likeness (QED) is 0.656. The minimum Gasteiger partial charge on any atom is -0.490 e. The predicted molar refractivity (Wildman–Crippen MR) is 50.6 cm³/mol. The molecule has 2 nitrogen and oxygen atoms in total. The van der Waals surface area contributed by atoms with E-state index >= 15 is 0 Å². The second kappa shape index (κ2) is 3.79. The summed E-state index contributed by atoms with van der Waals surface area (Å²) < 4.78 is 10.7. The molecular formula is C11H13O2. The standard InChI is InChI=1S/C11H13O2/c1-9(7-11-8-12-11)13-10-5-3-2-4-6-10/h2-6,9,11H,1,7-8H2. The largest absolute Gasteiger partial charge is 0.490 e. The second-order valence-electron chi connectivity index (χ2n) is 3.24. The van der Waals surface area contributed by atoms with Gasteiger partial charge in [0.2, 0.25) is 0 Å². The molecule has 0 N–H and O–H groups in total. The maximum atomic E-state index is 5.57. The number of rotatable bonds is 4. The van der Waals surface area contributed by atoms with E-state index in [4.69, 9.17) is 9.47 Å². The first-order valence-electron chi connectivity index (χ1n) is 4.51. The molecule has 2 rings (SSSR count). The smallest absolute Gasteiger partial charge is 0.119 e. The normalized spacial score (nSPS) is 22.4. The third-order valence-electron chi connectivity index (χ3n) is 1.97. The van der Waals surface area contributed by atoms with Crippen LogP contribution in [0.25, 0.3) is 0 Å². The molecule has 13 heavy (non-hydrogen) atoms. The average molecular weight is 177 g/mol. The van der Waals surface area contributed by atoms with E-state index in [0.29, 0.717) is 6.10 Å². The molecule has 1 heterocycles. The van der Waals surface area contributed by atoms with E-state index in [9.17, 15) is 0 Å². The van der Waals surface area contributed by atoms with Crippen molar-refractivity contribution in [3.05, 3.63) is 37.3 Å². The molecule has 1 aromatic carbocycles. The monoisotopic (exact) mass is 177 g/mol. The Hall–Kier alpha value is -1.02. The lowest BCUT2D eigenvalue weighted by atomic mass is 10.2. The number of para-hydroxylation sites is 1. The molecule has 0 bridgehead atoms. The lowest BCUT2D eigenvalue weighted by Gasteiger charge is -2.12.